The summed E-state index contributed by atoms with van der Waals surface area (Å²) in [5.41, 5.74) is 6.04. The molecule has 0 aliphatic rings. The number of hydrogen-bond donors (Lipinski definition) is 1. The topological polar surface area (TPSA) is 43.1 Å². The summed E-state index contributed by atoms with van der Waals surface area (Å²) >= 11 is 0. The van der Waals surface area contributed by atoms with Crippen LogP contribution in [0.15, 0.2) is 0 Å². The molecule has 0 spiro atoms. The first-order valence-corrected chi connectivity index (χ1v) is 16.7. The Hall–Kier alpha value is -0.570. The fraction of sp³-hybridized carbons (Fsp3) is 0.970. The van der Waals surface area contributed by atoms with Crippen molar-refractivity contribution >= 4 is 5.91 Å². The van der Waals surface area contributed by atoms with Gasteiger partial charge in [-0.05, 0) is 44.9 Å². The molecule has 0 aliphatic heterocycles. The van der Waals surface area contributed by atoms with Crippen LogP contribution in [0.3, 0.4) is 0 Å². The first-order chi connectivity index (χ1) is 17.5. The summed E-state index contributed by atoms with van der Waals surface area (Å²) in [5.74, 6) is 0.0185. The van der Waals surface area contributed by atoms with Gasteiger partial charge in [0.1, 0.15) is 0 Å². The van der Waals surface area contributed by atoms with Gasteiger partial charge in [0, 0.05) is 0 Å². The largest absolute Gasteiger partial charge is 0.369 e. The highest BCUT2D eigenvalue weighted by molar-refractivity contribution is 5.76. The van der Waals surface area contributed by atoms with E-state index in [1.165, 1.54) is 154 Å². The average molecular weight is 510 g/mol. The van der Waals surface area contributed by atoms with E-state index in [9.17, 15) is 4.79 Å². The molecule has 0 saturated carbocycles. The molecule has 1 unspecified atom stereocenters. The molecule has 0 aromatic rings. The molecule has 216 valence electrons. The van der Waals surface area contributed by atoms with Crippen LogP contribution in [0, 0.1) is 5.92 Å². The maximum Gasteiger partial charge on any atom is 0.226 e. The molecule has 3 nitrogen and oxygen atoms in total. The predicted octanol–water partition coefficient (Wildman–Crippen LogP) is 9.96. The quantitative estimate of drug-likeness (QED) is 0.0791. The van der Waals surface area contributed by atoms with Crippen molar-refractivity contribution in [1.82, 2.24) is 0 Å². The molecule has 36 heavy (non-hydrogen) atoms. The zero-order valence-electron chi connectivity index (χ0n) is 25.6. The van der Waals surface area contributed by atoms with Crippen LogP contribution in [0.5, 0.6) is 0 Å². The van der Waals surface area contributed by atoms with Gasteiger partial charge < -0.3 is 10.2 Å². The van der Waals surface area contributed by atoms with Crippen LogP contribution in [-0.4, -0.2) is 36.6 Å². The smallest absolute Gasteiger partial charge is 0.226 e. The molecular formula is C33H69N2O+. The number of unbranched alkanes of at least 4 members (excludes halogenated alkanes) is 18. The molecule has 1 atom stereocenters. The summed E-state index contributed by atoms with van der Waals surface area (Å²) in [6, 6.07) is 0. The minimum absolute atomic E-state index is 0.0390. The zero-order chi connectivity index (χ0) is 26.7. The van der Waals surface area contributed by atoms with E-state index in [4.69, 9.17) is 5.73 Å². The predicted molar refractivity (Wildman–Crippen MR) is 161 cm³/mol. The Morgan fingerprint density at radius 3 is 1.14 bits per heavy atom. The van der Waals surface area contributed by atoms with Gasteiger partial charge in [-0.1, -0.05) is 130 Å². The Kier molecular flexibility index (Phi) is 25.6. The number of quaternary nitrogens is 1. The number of nitrogens with two attached hydrogens (primary N) is 1. The van der Waals surface area contributed by atoms with Gasteiger partial charge in [-0.3, -0.25) is 4.79 Å². The van der Waals surface area contributed by atoms with Crippen LogP contribution in [0.2, 0.25) is 0 Å². The molecule has 0 rings (SSSR count). The second-order valence-corrected chi connectivity index (χ2v) is 11.9. The lowest BCUT2D eigenvalue weighted by atomic mass is 9.96. The van der Waals surface area contributed by atoms with Crippen molar-refractivity contribution in [3.05, 3.63) is 0 Å². The van der Waals surface area contributed by atoms with Gasteiger partial charge >= 0.3 is 0 Å². The lowest BCUT2D eigenvalue weighted by molar-refractivity contribution is -0.931. The van der Waals surface area contributed by atoms with E-state index in [-0.39, 0.29) is 11.8 Å². The van der Waals surface area contributed by atoms with E-state index in [0.29, 0.717) is 0 Å². The van der Waals surface area contributed by atoms with Crippen molar-refractivity contribution in [3.63, 3.8) is 0 Å². The molecule has 0 saturated heterocycles. The number of rotatable bonds is 29. The zero-order valence-corrected chi connectivity index (χ0v) is 25.6. The lowest BCUT2D eigenvalue weighted by Gasteiger charge is -2.41. The van der Waals surface area contributed by atoms with Crippen molar-refractivity contribution in [3.8, 4) is 0 Å². The maximum atomic E-state index is 12.6. The summed E-state index contributed by atoms with van der Waals surface area (Å²) < 4.78 is 1.16. The van der Waals surface area contributed by atoms with Crippen molar-refractivity contribution in [2.24, 2.45) is 11.7 Å². The molecule has 0 aromatic heterocycles. The Morgan fingerprint density at radius 2 is 0.806 bits per heavy atom. The number of hydrogen-bond acceptors (Lipinski definition) is 1. The van der Waals surface area contributed by atoms with Gasteiger partial charge in [0.15, 0.2) is 0 Å². The van der Waals surface area contributed by atoms with Crippen LogP contribution in [0.4, 0.5) is 0 Å². The Bertz CT molecular complexity index is 424. The third kappa shape index (κ3) is 20.5. The van der Waals surface area contributed by atoms with Crippen molar-refractivity contribution in [2.45, 2.75) is 175 Å². The monoisotopic (exact) mass is 510 g/mol. The minimum atomic E-state index is -0.0390. The third-order valence-corrected chi connectivity index (χ3v) is 8.37. The summed E-state index contributed by atoms with van der Waals surface area (Å²) in [7, 11) is 0. The first-order valence-electron chi connectivity index (χ1n) is 16.7. The number of carbonyl (C=O) groups is 1. The van der Waals surface area contributed by atoms with Gasteiger partial charge in [-0.15, -0.1) is 0 Å². The Labute approximate surface area is 228 Å². The highest BCUT2D eigenvalue weighted by atomic mass is 16.1. The van der Waals surface area contributed by atoms with Gasteiger partial charge in [0.05, 0.1) is 32.1 Å². The SMILES string of the molecule is CCCCCCCC[N+](CCCCCCCC)(CCCCCCCC)CC(CCCCCC)C(N)=O. The fourth-order valence-electron chi connectivity index (χ4n) is 5.90. The van der Waals surface area contributed by atoms with Crippen molar-refractivity contribution in [1.29, 1.82) is 0 Å². The van der Waals surface area contributed by atoms with Crippen LogP contribution in [0.25, 0.3) is 0 Å². The van der Waals surface area contributed by atoms with E-state index in [1.807, 2.05) is 0 Å². The van der Waals surface area contributed by atoms with Crippen LogP contribution >= 0.6 is 0 Å². The highest BCUT2D eigenvalue weighted by Gasteiger charge is 2.32. The van der Waals surface area contributed by atoms with Crippen LogP contribution in [0.1, 0.15) is 175 Å². The maximum absolute atomic E-state index is 12.6. The molecule has 3 heteroatoms. The minimum Gasteiger partial charge on any atom is -0.369 e. The molecule has 0 heterocycles. The summed E-state index contributed by atoms with van der Waals surface area (Å²) in [5, 5.41) is 0. The molecule has 2 N–H and O–H groups in total. The van der Waals surface area contributed by atoms with Gasteiger partial charge in [-0.2, -0.15) is 0 Å². The van der Waals surface area contributed by atoms with Gasteiger partial charge in [-0.25, -0.2) is 0 Å². The number of primary amides is 1. The van der Waals surface area contributed by atoms with E-state index >= 15 is 0 Å². The van der Waals surface area contributed by atoms with E-state index in [0.717, 1.165) is 23.9 Å². The van der Waals surface area contributed by atoms with Crippen LogP contribution in [-0.2, 0) is 4.79 Å². The molecule has 0 bridgehead atoms. The summed E-state index contributed by atoms with van der Waals surface area (Å²) in [6.45, 7) is 13.9. The third-order valence-electron chi connectivity index (χ3n) is 8.37. The van der Waals surface area contributed by atoms with E-state index in [1.54, 1.807) is 0 Å². The Morgan fingerprint density at radius 1 is 0.500 bits per heavy atom. The standard InChI is InChI=1S/C33H68N2O/c1-5-9-13-17-20-24-28-35(29-25-21-18-14-10-6-2,30-26-22-19-15-11-7-3)31-32(33(34)36)27-23-16-12-8-4/h32H,5-31H2,1-4H3,(H-,34,36)/p+1. The molecule has 0 aliphatic carbocycles. The van der Waals surface area contributed by atoms with Gasteiger partial charge in [0.25, 0.3) is 0 Å². The Balaban J connectivity index is 5.27. The molecule has 0 fully saturated rings. The van der Waals surface area contributed by atoms with E-state index < -0.39 is 0 Å². The average Bonchev–Trinajstić information content (AvgIpc) is 2.87. The number of nitrogens with zero attached hydrogens (tertiary/aromatic N) is 1. The molecular weight excluding hydrogens is 440 g/mol. The molecule has 0 aromatic carbocycles. The lowest BCUT2D eigenvalue weighted by Crippen LogP contribution is -2.54. The van der Waals surface area contributed by atoms with Gasteiger partial charge in [0.2, 0.25) is 5.91 Å². The fourth-order valence-corrected chi connectivity index (χ4v) is 5.90. The highest BCUT2D eigenvalue weighted by Crippen LogP contribution is 2.23. The second kappa shape index (κ2) is 26.1. The first kappa shape index (κ1) is 35.4. The second-order valence-electron chi connectivity index (χ2n) is 11.9. The number of carbonyl (C=O) groups excluding carboxylic acids is 1. The molecule has 0 radical (unpaired) electrons. The van der Waals surface area contributed by atoms with E-state index in [2.05, 4.69) is 27.7 Å². The summed E-state index contributed by atoms with van der Waals surface area (Å²) in [6.07, 6.45) is 30.2. The number of amides is 1. The molecule has 1 amide bonds. The van der Waals surface area contributed by atoms with Crippen LogP contribution < -0.4 is 5.73 Å². The normalized spacial score (nSPS) is 12.8. The summed E-state index contributed by atoms with van der Waals surface area (Å²) in [4.78, 5) is 12.6. The van der Waals surface area contributed by atoms with Crippen molar-refractivity contribution in [2.75, 3.05) is 26.2 Å². The van der Waals surface area contributed by atoms with Crippen molar-refractivity contribution < 1.29 is 9.28 Å².